The average molecular weight is 297 g/mol. The maximum atomic E-state index is 12.4. The molecule has 2 heterocycles. The summed E-state index contributed by atoms with van der Waals surface area (Å²) in [5.74, 6) is -0.450. The van der Waals surface area contributed by atoms with Crippen molar-refractivity contribution in [2.75, 3.05) is 20.2 Å². The molecule has 0 spiro atoms. The summed E-state index contributed by atoms with van der Waals surface area (Å²) in [6, 6.07) is 1.68. The number of pyridine rings is 1. The van der Waals surface area contributed by atoms with Gasteiger partial charge in [0.25, 0.3) is 5.91 Å². The Hall–Kier alpha value is -1.62. The topological polar surface area (TPSA) is 59.5 Å². The van der Waals surface area contributed by atoms with Gasteiger partial charge < -0.3 is 9.64 Å². The standard InChI is InChI=1S/C14H17ClN2O3/c1-9-7-12(15)11(8-16-9)13(18)17-5-3-10(4-6-17)14(19)20-2/h7-8,10H,3-6H2,1-2H3. The highest BCUT2D eigenvalue weighted by molar-refractivity contribution is 6.33. The van der Waals surface area contributed by atoms with E-state index >= 15 is 0 Å². The first-order valence-electron chi connectivity index (χ1n) is 6.52. The fourth-order valence-electron chi connectivity index (χ4n) is 2.34. The van der Waals surface area contributed by atoms with Crippen molar-refractivity contribution in [1.29, 1.82) is 0 Å². The monoisotopic (exact) mass is 296 g/mol. The van der Waals surface area contributed by atoms with Gasteiger partial charge >= 0.3 is 5.97 Å². The number of hydrogen-bond donors (Lipinski definition) is 0. The van der Waals surface area contributed by atoms with E-state index in [1.54, 1.807) is 11.0 Å². The number of rotatable bonds is 2. The summed E-state index contributed by atoms with van der Waals surface area (Å²) in [7, 11) is 1.39. The largest absolute Gasteiger partial charge is 0.469 e. The number of nitrogens with zero attached hydrogens (tertiary/aromatic N) is 2. The van der Waals surface area contributed by atoms with Gasteiger partial charge in [0.1, 0.15) is 0 Å². The second kappa shape index (κ2) is 6.22. The quantitative estimate of drug-likeness (QED) is 0.784. The number of aryl methyl sites for hydroxylation is 1. The summed E-state index contributed by atoms with van der Waals surface area (Å²) in [5.41, 5.74) is 1.18. The Morgan fingerprint density at radius 1 is 1.40 bits per heavy atom. The SMILES string of the molecule is COC(=O)C1CCN(C(=O)c2cnc(C)cc2Cl)CC1. The lowest BCUT2D eigenvalue weighted by molar-refractivity contribution is -0.146. The number of amides is 1. The molecule has 0 atom stereocenters. The van der Waals surface area contributed by atoms with E-state index in [0.717, 1.165) is 5.69 Å². The molecule has 0 saturated carbocycles. The van der Waals surface area contributed by atoms with Crippen LogP contribution in [0.1, 0.15) is 28.9 Å². The van der Waals surface area contributed by atoms with Gasteiger partial charge in [-0.3, -0.25) is 14.6 Å². The smallest absolute Gasteiger partial charge is 0.308 e. The van der Waals surface area contributed by atoms with E-state index < -0.39 is 0 Å². The molecule has 0 aromatic carbocycles. The summed E-state index contributed by atoms with van der Waals surface area (Å²) in [5, 5.41) is 0.414. The second-order valence-corrected chi connectivity index (χ2v) is 5.30. The number of methoxy groups -OCH3 is 1. The Morgan fingerprint density at radius 2 is 2.05 bits per heavy atom. The Kier molecular flexibility index (Phi) is 4.60. The molecular weight excluding hydrogens is 280 g/mol. The molecule has 1 aliphatic rings. The average Bonchev–Trinajstić information content (AvgIpc) is 2.46. The van der Waals surface area contributed by atoms with Crippen molar-refractivity contribution < 1.29 is 14.3 Å². The predicted octanol–water partition coefficient (Wildman–Crippen LogP) is 2.07. The van der Waals surface area contributed by atoms with Gasteiger partial charge in [-0.25, -0.2) is 0 Å². The predicted molar refractivity (Wildman–Crippen MR) is 74.6 cm³/mol. The Labute approximate surface area is 122 Å². The van der Waals surface area contributed by atoms with Gasteiger partial charge in [-0.2, -0.15) is 0 Å². The lowest BCUT2D eigenvalue weighted by Gasteiger charge is -2.30. The molecule has 1 aromatic heterocycles. The molecule has 0 bridgehead atoms. The zero-order chi connectivity index (χ0) is 14.7. The number of carbonyl (C=O) groups is 2. The van der Waals surface area contributed by atoms with Crippen LogP contribution in [0.5, 0.6) is 0 Å². The van der Waals surface area contributed by atoms with Gasteiger partial charge in [0, 0.05) is 25.0 Å². The summed E-state index contributed by atoms with van der Waals surface area (Å²) in [6.07, 6.45) is 2.75. The highest BCUT2D eigenvalue weighted by atomic mass is 35.5. The molecule has 6 heteroatoms. The van der Waals surface area contributed by atoms with Crippen LogP contribution in [0.2, 0.25) is 5.02 Å². The Balaban J connectivity index is 2.03. The summed E-state index contributed by atoms with van der Waals surface area (Å²) in [6.45, 7) is 2.88. The van der Waals surface area contributed by atoms with Gasteiger partial charge in [-0.05, 0) is 25.8 Å². The zero-order valence-electron chi connectivity index (χ0n) is 11.6. The van der Waals surface area contributed by atoms with Crippen LogP contribution >= 0.6 is 11.6 Å². The van der Waals surface area contributed by atoms with E-state index in [4.69, 9.17) is 16.3 Å². The minimum absolute atomic E-state index is 0.115. The van der Waals surface area contributed by atoms with Crippen molar-refractivity contribution >= 4 is 23.5 Å². The van der Waals surface area contributed by atoms with Crippen LogP contribution in [0.15, 0.2) is 12.3 Å². The molecule has 2 rings (SSSR count). The number of likely N-dealkylation sites (tertiary alicyclic amines) is 1. The first-order valence-corrected chi connectivity index (χ1v) is 6.90. The van der Waals surface area contributed by atoms with E-state index in [-0.39, 0.29) is 17.8 Å². The van der Waals surface area contributed by atoms with Crippen LogP contribution in [-0.2, 0) is 9.53 Å². The van der Waals surface area contributed by atoms with Crippen molar-refractivity contribution in [1.82, 2.24) is 9.88 Å². The molecule has 1 amide bonds. The van der Waals surface area contributed by atoms with Gasteiger partial charge in [-0.1, -0.05) is 11.6 Å². The zero-order valence-corrected chi connectivity index (χ0v) is 12.3. The number of piperidine rings is 1. The van der Waals surface area contributed by atoms with Gasteiger partial charge in [0.05, 0.1) is 23.6 Å². The fraction of sp³-hybridized carbons (Fsp3) is 0.500. The van der Waals surface area contributed by atoms with Crippen LogP contribution in [-0.4, -0.2) is 42.0 Å². The Morgan fingerprint density at radius 3 is 2.60 bits per heavy atom. The van der Waals surface area contributed by atoms with Crippen LogP contribution < -0.4 is 0 Å². The van der Waals surface area contributed by atoms with Crippen LogP contribution in [0.25, 0.3) is 0 Å². The first-order chi connectivity index (χ1) is 9.52. The number of halogens is 1. The van der Waals surface area contributed by atoms with Gasteiger partial charge in [0.2, 0.25) is 0 Å². The molecule has 1 saturated heterocycles. The molecule has 108 valence electrons. The lowest BCUT2D eigenvalue weighted by atomic mass is 9.96. The first kappa shape index (κ1) is 14.8. The third kappa shape index (κ3) is 3.10. The fourth-order valence-corrected chi connectivity index (χ4v) is 2.63. The minimum Gasteiger partial charge on any atom is -0.469 e. The number of aromatic nitrogens is 1. The van der Waals surface area contributed by atoms with Gasteiger partial charge in [-0.15, -0.1) is 0 Å². The third-order valence-corrected chi connectivity index (χ3v) is 3.85. The second-order valence-electron chi connectivity index (χ2n) is 4.90. The van der Waals surface area contributed by atoms with E-state index in [0.29, 0.717) is 36.5 Å². The maximum absolute atomic E-state index is 12.4. The molecular formula is C14H17ClN2O3. The molecule has 0 unspecified atom stereocenters. The van der Waals surface area contributed by atoms with Crippen molar-refractivity contribution in [2.24, 2.45) is 5.92 Å². The molecule has 1 aliphatic heterocycles. The lowest BCUT2D eigenvalue weighted by Crippen LogP contribution is -2.40. The van der Waals surface area contributed by atoms with Crippen molar-refractivity contribution in [3.63, 3.8) is 0 Å². The van der Waals surface area contributed by atoms with Gasteiger partial charge in [0.15, 0.2) is 0 Å². The minimum atomic E-state index is -0.202. The summed E-state index contributed by atoms with van der Waals surface area (Å²) >= 11 is 6.08. The summed E-state index contributed by atoms with van der Waals surface area (Å²) in [4.78, 5) is 29.6. The normalized spacial score (nSPS) is 16.1. The van der Waals surface area contributed by atoms with E-state index in [2.05, 4.69) is 4.98 Å². The Bertz CT molecular complexity index is 525. The number of hydrogen-bond acceptors (Lipinski definition) is 4. The molecule has 0 N–H and O–H groups in total. The third-order valence-electron chi connectivity index (χ3n) is 3.54. The van der Waals surface area contributed by atoms with E-state index in [1.165, 1.54) is 13.3 Å². The van der Waals surface area contributed by atoms with Crippen molar-refractivity contribution in [2.45, 2.75) is 19.8 Å². The number of carbonyl (C=O) groups excluding carboxylic acids is 2. The molecule has 5 nitrogen and oxygen atoms in total. The highest BCUT2D eigenvalue weighted by Gasteiger charge is 2.29. The number of esters is 1. The summed E-state index contributed by atoms with van der Waals surface area (Å²) < 4.78 is 4.73. The maximum Gasteiger partial charge on any atom is 0.308 e. The molecule has 1 aromatic rings. The van der Waals surface area contributed by atoms with E-state index in [9.17, 15) is 9.59 Å². The molecule has 0 radical (unpaired) electrons. The number of ether oxygens (including phenoxy) is 1. The van der Waals surface area contributed by atoms with Crippen LogP contribution in [0, 0.1) is 12.8 Å². The highest BCUT2D eigenvalue weighted by Crippen LogP contribution is 2.23. The molecule has 20 heavy (non-hydrogen) atoms. The molecule has 1 fully saturated rings. The van der Waals surface area contributed by atoms with Crippen molar-refractivity contribution in [3.05, 3.63) is 28.5 Å². The van der Waals surface area contributed by atoms with Crippen LogP contribution in [0.4, 0.5) is 0 Å². The molecule has 0 aliphatic carbocycles. The van der Waals surface area contributed by atoms with E-state index in [1.807, 2.05) is 6.92 Å². The van der Waals surface area contributed by atoms with Crippen LogP contribution in [0.3, 0.4) is 0 Å². The van der Waals surface area contributed by atoms with Crippen molar-refractivity contribution in [3.8, 4) is 0 Å².